The van der Waals surface area contributed by atoms with Gasteiger partial charge in [-0.3, -0.25) is 4.79 Å². The number of anilines is 1. The van der Waals surface area contributed by atoms with Crippen molar-refractivity contribution in [3.8, 4) is 0 Å². The molecule has 1 aromatic carbocycles. The lowest BCUT2D eigenvalue weighted by molar-refractivity contribution is -0.131. The number of carbonyl (C=O) groups excluding carboxylic acids is 1. The molecular formula is C18H22ClN3O2. The number of rotatable bonds is 4. The predicted octanol–water partition coefficient (Wildman–Crippen LogP) is 3.23. The zero-order chi connectivity index (χ0) is 17.1. The maximum Gasteiger partial charge on any atom is 0.223 e. The molecule has 0 atom stereocenters. The van der Waals surface area contributed by atoms with E-state index in [1.54, 1.807) is 0 Å². The van der Waals surface area contributed by atoms with Gasteiger partial charge in [0.2, 0.25) is 5.91 Å². The average Bonchev–Trinajstić information content (AvgIpc) is 2.91. The summed E-state index contributed by atoms with van der Waals surface area (Å²) in [4.78, 5) is 16.7. The summed E-state index contributed by atoms with van der Waals surface area (Å²) in [7, 11) is 0. The summed E-state index contributed by atoms with van der Waals surface area (Å²) >= 11 is 6.05. The van der Waals surface area contributed by atoms with E-state index in [0.29, 0.717) is 12.8 Å². The summed E-state index contributed by atoms with van der Waals surface area (Å²) < 4.78 is 5.15. The number of aromatic nitrogens is 1. The van der Waals surface area contributed by atoms with Crippen molar-refractivity contribution in [3.05, 3.63) is 46.3 Å². The van der Waals surface area contributed by atoms with E-state index in [0.717, 1.165) is 53.9 Å². The molecule has 3 rings (SSSR count). The number of nitrogens with zero attached hydrogens (tertiary/aromatic N) is 3. The second-order valence-corrected chi connectivity index (χ2v) is 6.59. The van der Waals surface area contributed by atoms with Crippen molar-refractivity contribution in [2.45, 2.75) is 26.7 Å². The lowest BCUT2D eigenvalue weighted by atomic mass is 10.1. The van der Waals surface area contributed by atoms with Gasteiger partial charge in [0.25, 0.3) is 0 Å². The first-order valence-electron chi connectivity index (χ1n) is 8.24. The van der Waals surface area contributed by atoms with Crippen LogP contribution in [0.5, 0.6) is 0 Å². The van der Waals surface area contributed by atoms with E-state index >= 15 is 0 Å². The van der Waals surface area contributed by atoms with Crippen LogP contribution in [0.25, 0.3) is 0 Å². The predicted molar refractivity (Wildman–Crippen MR) is 94.5 cm³/mol. The molecule has 24 heavy (non-hydrogen) atoms. The van der Waals surface area contributed by atoms with Crippen LogP contribution < -0.4 is 4.90 Å². The first kappa shape index (κ1) is 16.8. The van der Waals surface area contributed by atoms with Crippen LogP contribution in [0, 0.1) is 13.8 Å². The van der Waals surface area contributed by atoms with Gasteiger partial charge in [0, 0.05) is 48.9 Å². The molecule has 0 saturated carbocycles. The Morgan fingerprint density at radius 2 is 2.00 bits per heavy atom. The third-order valence-corrected chi connectivity index (χ3v) is 4.81. The number of carbonyl (C=O) groups is 1. The van der Waals surface area contributed by atoms with E-state index < -0.39 is 0 Å². The van der Waals surface area contributed by atoms with Gasteiger partial charge in [-0.25, -0.2) is 0 Å². The first-order chi connectivity index (χ1) is 11.5. The summed E-state index contributed by atoms with van der Waals surface area (Å²) in [6.45, 7) is 6.96. The van der Waals surface area contributed by atoms with Gasteiger partial charge in [0.05, 0.1) is 5.69 Å². The Bertz CT molecular complexity index is 701. The van der Waals surface area contributed by atoms with Crippen molar-refractivity contribution in [1.29, 1.82) is 0 Å². The molecule has 0 aliphatic carbocycles. The van der Waals surface area contributed by atoms with Crippen molar-refractivity contribution >= 4 is 23.2 Å². The highest BCUT2D eigenvalue weighted by Crippen LogP contribution is 2.21. The van der Waals surface area contributed by atoms with Gasteiger partial charge >= 0.3 is 0 Å². The molecule has 0 unspecified atom stereocenters. The van der Waals surface area contributed by atoms with Crippen molar-refractivity contribution in [2.75, 3.05) is 31.1 Å². The Morgan fingerprint density at radius 3 is 2.62 bits per heavy atom. The van der Waals surface area contributed by atoms with Crippen molar-refractivity contribution in [2.24, 2.45) is 0 Å². The van der Waals surface area contributed by atoms with Crippen LogP contribution in [0.2, 0.25) is 5.02 Å². The van der Waals surface area contributed by atoms with Crippen LogP contribution in [-0.4, -0.2) is 42.1 Å². The molecule has 1 aliphatic rings. The number of halogens is 1. The molecule has 1 fully saturated rings. The maximum atomic E-state index is 12.4. The van der Waals surface area contributed by atoms with Crippen LogP contribution >= 0.6 is 11.6 Å². The molecule has 0 radical (unpaired) electrons. The van der Waals surface area contributed by atoms with Gasteiger partial charge in [-0.2, -0.15) is 0 Å². The van der Waals surface area contributed by atoms with Crippen LogP contribution in [-0.2, 0) is 11.2 Å². The molecule has 2 aromatic rings. The van der Waals surface area contributed by atoms with Crippen LogP contribution in [0.4, 0.5) is 5.69 Å². The minimum Gasteiger partial charge on any atom is -0.368 e. The zero-order valence-electron chi connectivity index (χ0n) is 14.1. The Kier molecular flexibility index (Phi) is 5.09. The lowest BCUT2D eigenvalue weighted by Crippen LogP contribution is -2.48. The SMILES string of the molecule is Cc1noc(C)c1CCC(=O)N1CCN(c2cccc(Cl)c2)CC1. The smallest absolute Gasteiger partial charge is 0.223 e. The fraction of sp³-hybridized carbons (Fsp3) is 0.444. The summed E-state index contributed by atoms with van der Waals surface area (Å²) in [5, 5.41) is 4.68. The van der Waals surface area contributed by atoms with E-state index in [-0.39, 0.29) is 5.91 Å². The van der Waals surface area contributed by atoms with Crippen molar-refractivity contribution in [1.82, 2.24) is 10.1 Å². The van der Waals surface area contributed by atoms with Gasteiger partial charge in [-0.05, 0) is 38.5 Å². The van der Waals surface area contributed by atoms with Gasteiger partial charge in [0.1, 0.15) is 5.76 Å². The van der Waals surface area contributed by atoms with Crippen molar-refractivity contribution in [3.63, 3.8) is 0 Å². The second kappa shape index (κ2) is 7.26. The van der Waals surface area contributed by atoms with Gasteiger partial charge in [0.15, 0.2) is 0 Å². The summed E-state index contributed by atoms with van der Waals surface area (Å²) in [5.41, 5.74) is 3.05. The second-order valence-electron chi connectivity index (χ2n) is 6.15. The molecule has 1 amide bonds. The van der Waals surface area contributed by atoms with Gasteiger partial charge in [-0.15, -0.1) is 0 Å². The molecule has 1 aromatic heterocycles. The van der Waals surface area contributed by atoms with E-state index in [2.05, 4.69) is 16.1 Å². The minimum atomic E-state index is 0.195. The molecular weight excluding hydrogens is 326 g/mol. The number of piperazine rings is 1. The Hall–Kier alpha value is -2.01. The molecule has 2 heterocycles. The lowest BCUT2D eigenvalue weighted by Gasteiger charge is -2.36. The normalized spacial score (nSPS) is 15.0. The van der Waals surface area contributed by atoms with E-state index in [1.807, 2.05) is 36.9 Å². The molecule has 0 spiro atoms. The summed E-state index contributed by atoms with van der Waals surface area (Å²) in [6.07, 6.45) is 1.19. The fourth-order valence-electron chi connectivity index (χ4n) is 3.14. The maximum absolute atomic E-state index is 12.4. The number of hydrogen-bond acceptors (Lipinski definition) is 4. The molecule has 1 aliphatic heterocycles. The fourth-order valence-corrected chi connectivity index (χ4v) is 3.32. The summed E-state index contributed by atoms with van der Waals surface area (Å²) in [5.74, 6) is 1.01. The zero-order valence-corrected chi connectivity index (χ0v) is 14.8. The van der Waals surface area contributed by atoms with Crippen molar-refractivity contribution < 1.29 is 9.32 Å². The molecule has 0 bridgehead atoms. The Labute approximate surface area is 147 Å². The standard InChI is InChI=1S/C18H22ClN3O2/c1-13-17(14(2)24-20-13)6-7-18(23)22-10-8-21(9-11-22)16-5-3-4-15(19)12-16/h3-5,12H,6-11H2,1-2H3. The number of hydrogen-bond donors (Lipinski definition) is 0. The third-order valence-electron chi connectivity index (χ3n) is 4.58. The van der Waals surface area contributed by atoms with Crippen LogP contribution in [0.15, 0.2) is 28.8 Å². The highest BCUT2D eigenvalue weighted by Gasteiger charge is 2.22. The number of benzene rings is 1. The van der Waals surface area contributed by atoms with Crippen LogP contribution in [0.3, 0.4) is 0 Å². The van der Waals surface area contributed by atoms with E-state index in [1.165, 1.54) is 0 Å². The largest absolute Gasteiger partial charge is 0.368 e. The topological polar surface area (TPSA) is 49.6 Å². The average molecular weight is 348 g/mol. The Morgan fingerprint density at radius 1 is 1.25 bits per heavy atom. The van der Waals surface area contributed by atoms with Gasteiger partial charge < -0.3 is 14.3 Å². The highest BCUT2D eigenvalue weighted by molar-refractivity contribution is 6.30. The molecule has 1 saturated heterocycles. The minimum absolute atomic E-state index is 0.195. The molecule has 6 heteroatoms. The number of amides is 1. The molecule has 0 N–H and O–H groups in total. The monoisotopic (exact) mass is 347 g/mol. The third kappa shape index (κ3) is 3.73. The summed E-state index contributed by atoms with van der Waals surface area (Å²) in [6, 6.07) is 7.86. The van der Waals surface area contributed by atoms with E-state index in [4.69, 9.17) is 16.1 Å². The number of aryl methyl sites for hydroxylation is 2. The highest BCUT2D eigenvalue weighted by atomic mass is 35.5. The first-order valence-corrected chi connectivity index (χ1v) is 8.62. The quantitative estimate of drug-likeness (QED) is 0.852. The Balaban J connectivity index is 1.52. The van der Waals surface area contributed by atoms with Gasteiger partial charge in [-0.1, -0.05) is 22.8 Å². The molecule has 128 valence electrons. The van der Waals surface area contributed by atoms with E-state index in [9.17, 15) is 4.79 Å². The van der Waals surface area contributed by atoms with Crippen LogP contribution in [0.1, 0.15) is 23.4 Å². The molecule has 5 nitrogen and oxygen atoms in total.